The second-order valence-electron chi connectivity index (χ2n) is 6.29. The Kier molecular flexibility index (Phi) is 7.56. The molecular formula is C21H15Cl3N2O4S. The number of anilines is 2. The van der Waals surface area contributed by atoms with Crippen LogP contribution in [0.3, 0.4) is 0 Å². The van der Waals surface area contributed by atoms with Crippen LogP contribution in [0, 0.1) is 0 Å². The van der Waals surface area contributed by atoms with Crippen LogP contribution in [-0.2, 0) is 9.53 Å². The number of amides is 2. The Morgan fingerprint density at radius 2 is 1.61 bits per heavy atom. The average molecular weight is 498 g/mol. The zero-order valence-corrected chi connectivity index (χ0v) is 19.0. The maximum absolute atomic E-state index is 12.4. The Morgan fingerprint density at radius 3 is 2.19 bits per heavy atom. The van der Waals surface area contributed by atoms with E-state index in [2.05, 4.69) is 10.6 Å². The molecule has 0 aliphatic rings. The molecule has 0 aliphatic heterocycles. The summed E-state index contributed by atoms with van der Waals surface area (Å²) in [6.45, 7) is 1.42. The predicted molar refractivity (Wildman–Crippen MR) is 124 cm³/mol. The molecule has 0 radical (unpaired) electrons. The third-order valence-electron chi connectivity index (χ3n) is 4.03. The van der Waals surface area contributed by atoms with Gasteiger partial charge in [0, 0.05) is 10.7 Å². The van der Waals surface area contributed by atoms with E-state index >= 15 is 0 Å². The predicted octanol–water partition coefficient (Wildman–Crippen LogP) is 6.14. The lowest BCUT2D eigenvalue weighted by molar-refractivity contribution is -0.123. The van der Waals surface area contributed by atoms with Crippen molar-refractivity contribution < 1.29 is 19.1 Å². The summed E-state index contributed by atoms with van der Waals surface area (Å²) in [4.78, 5) is 37.4. The lowest BCUT2D eigenvalue weighted by Crippen LogP contribution is -2.30. The van der Waals surface area contributed by atoms with Gasteiger partial charge in [-0.25, -0.2) is 4.79 Å². The fraction of sp³-hybridized carbons (Fsp3) is 0.0952. The molecule has 10 heteroatoms. The first-order chi connectivity index (χ1) is 14.7. The molecule has 160 valence electrons. The van der Waals surface area contributed by atoms with Crippen LogP contribution in [0.2, 0.25) is 15.1 Å². The molecule has 2 amide bonds. The number of ether oxygens (including phenoxy) is 1. The molecule has 2 N–H and O–H groups in total. The minimum atomic E-state index is -1.12. The highest BCUT2D eigenvalue weighted by atomic mass is 35.5. The van der Waals surface area contributed by atoms with E-state index in [-0.39, 0.29) is 27.2 Å². The largest absolute Gasteiger partial charge is 0.449 e. The molecule has 0 saturated heterocycles. The van der Waals surface area contributed by atoms with Crippen molar-refractivity contribution in [2.24, 2.45) is 0 Å². The third-order valence-corrected chi connectivity index (χ3v) is 5.71. The molecule has 2 aromatic carbocycles. The van der Waals surface area contributed by atoms with Crippen LogP contribution in [0.5, 0.6) is 0 Å². The summed E-state index contributed by atoms with van der Waals surface area (Å²) in [6.07, 6.45) is -1.12. The van der Waals surface area contributed by atoms with Crippen molar-refractivity contribution in [1.29, 1.82) is 0 Å². The molecule has 1 unspecified atom stereocenters. The fourth-order valence-corrected chi connectivity index (χ4v) is 3.99. The number of hydrogen-bond donors (Lipinski definition) is 2. The highest BCUT2D eigenvalue weighted by molar-refractivity contribution is 7.12. The molecule has 1 aromatic heterocycles. The zero-order valence-electron chi connectivity index (χ0n) is 15.9. The van der Waals surface area contributed by atoms with Gasteiger partial charge in [0.25, 0.3) is 11.8 Å². The van der Waals surface area contributed by atoms with Crippen molar-refractivity contribution in [2.75, 3.05) is 10.6 Å². The zero-order chi connectivity index (χ0) is 22.5. The first-order valence-electron chi connectivity index (χ1n) is 8.86. The van der Waals surface area contributed by atoms with Gasteiger partial charge in [0.2, 0.25) is 0 Å². The number of benzene rings is 2. The van der Waals surface area contributed by atoms with Gasteiger partial charge in [-0.15, -0.1) is 11.3 Å². The summed E-state index contributed by atoms with van der Waals surface area (Å²) >= 11 is 19.3. The molecule has 0 fully saturated rings. The van der Waals surface area contributed by atoms with Gasteiger partial charge in [-0.2, -0.15) is 0 Å². The van der Waals surface area contributed by atoms with Crippen LogP contribution in [0.25, 0.3) is 0 Å². The van der Waals surface area contributed by atoms with Crippen molar-refractivity contribution in [3.8, 4) is 0 Å². The smallest absolute Gasteiger partial charge is 0.338 e. The molecule has 3 aromatic rings. The van der Waals surface area contributed by atoms with Gasteiger partial charge < -0.3 is 15.4 Å². The first-order valence-corrected chi connectivity index (χ1v) is 10.9. The lowest BCUT2D eigenvalue weighted by Gasteiger charge is -2.15. The number of carbonyl (C=O) groups excluding carboxylic acids is 3. The number of hydrogen-bond acceptors (Lipinski definition) is 5. The molecule has 1 atom stereocenters. The van der Waals surface area contributed by atoms with Gasteiger partial charge in [-0.05, 0) is 54.8 Å². The second kappa shape index (κ2) is 10.2. The van der Waals surface area contributed by atoms with E-state index in [1.807, 2.05) is 0 Å². The van der Waals surface area contributed by atoms with Gasteiger partial charge in [-0.3, -0.25) is 9.59 Å². The van der Waals surface area contributed by atoms with E-state index in [4.69, 9.17) is 39.5 Å². The van der Waals surface area contributed by atoms with E-state index in [1.165, 1.54) is 42.5 Å². The second-order valence-corrected chi connectivity index (χ2v) is 8.49. The van der Waals surface area contributed by atoms with E-state index in [0.717, 1.165) is 0 Å². The number of rotatable bonds is 6. The molecule has 0 spiro atoms. The summed E-state index contributed by atoms with van der Waals surface area (Å²) in [7, 11) is 0. The summed E-state index contributed by atoms with van der Waals surface area (Å²) in [6, 6.07) is 12.5. The van der Waals surface area contributed by atoms with Crippen molar-refractivity contribution >= 4 is 75.3 Å². The van der Waals surface area contributed by atoms with Crippen LogP contribution >= 0.6 is 46.1 Å². The number of carbonyl (C=O) groups is 3. The standard InChI is InChI=1S/C21H15Cl3N2O4S/c1-11(19(27)26-18-15(23)9-13(22)10-16(18)24)30-21(29)12-4-6-14(7-5-12)25-20(28)17-3-2-8-31-17/h2-11H,1H3,(H,25,28)(H,26,27). The molecule has 6 nitrogen and oxygen atoms in total. The highest BCUT2D eigenvalue weighted by Gasteiger charge is 2.21. The Hall–Kier alpha value is -2.58. The molecule has 0 saturated carbocycles. The van der Waals surface area contributed by atoms with E-state index in [9.17, 15) is 14.4 Å². The van der Waals surface area contributed by atoms with Gasteiger partial charge >= 0.3 is 5.97 Å². The van der Waals surface area contributed by atoms with Crippen molar-refractivity contribution in [3.05, 3.63) is 79.4 Å². The monoisotopic (exact) mass is 496 g/mol. The molecule has 3 rings (SSSR count). The topological polar surface area (TPSA) is 84.5 Å². The molecule has 1 heterocycles. The quantitative estimate of drug-likeness (QED) is 0.400. The summed E-state index contributed by atoms with van der Waals surface area (Å²) in [5.74, 6) is -1.55. The first kappa shape index (κ1) is 23.1. The lowest BCUT2D eigenvalue weighted by atomic mass is 10.2. The number of halogens is 3. The minimum Gasteiger partial charge on any atom is -0.449 e. The number of thiophene rings is 1. The van der Waals surface area contributed by atoms with Crippen LogP contribution in [0.4, 0.5) is 11.4 Å². The summed E-state index contributed by atoms with van der Waals surface area (Å²) < 4.78 is 5.20. The molecule has 31 heavy (non-hydrogen) atoms. The Morgan fingerprint density at radius 1 is 0.968 bits per heavy atom. The molecule has 0 bridgehead atoms. The average Bonchev–Trinajstić information content (AvgIpc) is 3.26. The van der Waals surface area contributed by atoms with Gasteiger partial charge in [0.15, 0.2) is 6.10 Å². The van der Waals surface area contributed by atoms with Crippen LogP contribution in [0.15, 0.2) is 53.9 Å². The van der Waals surface area contributed by atoms with Gasteiger partial charge in [-0.1, -0.05) is 40.9 Å². The third kappa shape index (κ3) is 5.98. The molecule has 0 aliphatic carbocycles. The Labute approximate surface area is 197 Å². The highest BCUT2D eigenvalue weighted by Crippen LogP contribution is 2.33. The Balaban J connectivity index is 1.59. The van der Waals surface area contributed by atoms with Crippen LogP contribution < -0.4 is 10.6 Å². The normalized spacial score (nSPS) is 11.5. The van der Waals surface area contributed by atoms with Crippen LogP contribution in [-0.4, -0.2) is 23.9 Å². The summed E-state index contributed by atoms with van der Waals surface area (Å²) in [5, 5.41) is 7.69. The number of nitrogens with one attached hydrogen (secondary N) is 2. The van der Waals surface area contributed by atoms with Crippen molar-refractivity contribution in [2.45, 2.75) is 13.0 Å². The van der Waals surface area contributed by atoms with E-state index in [0.29, 0.717) is 15.6 Å². The minimum absolute atomic E-state index is 0.157. The van der Waals surface area contributed by atoms with E-state index in [1.54, 1.807) is 29.6 Å². The van der Waals surface area contributed by atoms with Gasteiger partial charge in [0.05, 0.1) is 26.2 Å². The SMILES string of the molecule is CC(OC(=O)c1ccc(NC(=O)c2cccs2)cc1)C(=O)Nc1c(Cl)cc(Cl)cc1Cl. The van der Waals surface area contributed by atoms with Crippen molar-refractivity contribution in [1.82, 2.24) is 0 Å². The van der Waals surface area contributed by atoms with Crippen LogP contribution in [0.1, 0.15) is 27.0 Å². The van der Waals surface area contributed by atoms with E-state index < -0.39 is 18.0 Å². The number of esters is 1. The molecular weight excluding hydrogens is 483 g/mol. The maximum atomic E-state index is 12.4. The summed E-state index contributed by atoms with van der Waals surface area (Å²) in [5.41, 5.74) is 0.913. The fourth-order valence-electron chi connectivity index (χ4n) is 2.46. The van der Waals surface area contributed by atoms with Gasteiger partial charge in [0.1, 0.15) is 0 Å². The Bertz CT molecular complexity index is 1100. The maximum Gasteiger partial charge on any atom is 0.338 e. The van der Waals surface area contributed by atoms with Crippen molar-refractivity contribution in [3.63, 3.8) is 0 Å².